The lowest BCUT2D eigenvalue weighted by Crippen LogP contribution is -2.00. The van der Waals surface area contributed by atoms with Crippen LogP contribution in [0.25, 0.3) is 11.3 Å². The highest BCUT2D eigenvalue weighted by Crippen LogP contribution is 2.39. The molecule has 0 spiro atoms. The van der Waals surface area contributed by atoms with Crippen LogP contribution in [0.2, 0.25) is 0 Å². The van der Waals surface area contributed by atoms with E-state index in [0.29, 0.717) is 23.0 Å². The van der Waals surface area contributed by atoms with Gasteiger partial charge in [0.2, 0.25) is 0 Å². The van der Waals surface area contributed by atoms with Gasteiger partial charge in [-0.3, -0.25) is 0 Å². The number of hydrogen-bond donors (Lipinski definition) is 1. The zero-order valence-corrected chi connectivity index (χ0v) is 10.8. The summed E-state index contributed by atoms with van der Waals surface area (Å²) in [6.45, 7) is 2.80. The van der Waals surface area contributed by atoms with Crippen molar-refractivity contribution in [1.82, 2.24) is 9.55 Å². The van der Waals surface area contributed by atoms with E-state index in [2.05, 4.69) is 4.98 Å². The first kappa shape index (κ1) is 12.3. The number of aryl methyl sites for hydroxylation is 1. The molecule has 0 saturated carbocycles. The first-order chi connectivity index (χ1) is 8.72. The topological polar surface area (TPSA) is 62.3 Å². The van der Waals surface area contributed by atoms with Crippen molar-refractivity contribution >= 4 is 5.82 Å². The minimum absolute atomic E-state index is 0.629. The number of aromatic nitrogens is 2. The molecule has 96 valence electrons. The number of ether oxygens (including phenoxy) is 2. The molecule has 2 rings (SSSR count). The SMILES string of the molecule is CCn1cnc(-c2cccc(OC)c2OC)c1N. The van der Waals surface area contributed by atoms with Gasteiger partial charge in [-0.05, 0) is 19.1 Å². The average molecular weight is 247 g/mol. The Morgan fingerprint density at radius 3 is 2.61 bits per heavy atom. The summed E-state index contributed by atoms with van der Waals surface area (Å²) in [7, 11) is 3.21. The van der Waals surface area contributed by atoms with E-state index in [-0.39, 0.29) is 0 Å². The minimum Gasteiger partial charge on any atom is -0.493 e. The Labute approximate surface area is 106 Å². The van der Waals surface area contributed by atoms with Gasteiger partial charge in [-0.1, -0.05) is 6.07 Å². The maximum absolute atomic E-state index is 6.07. The van der Waals surface area contributed by atoms with Gasteiger partial charge in [0.25, 0.3) is 0 Å². The quantitative estimate of drug-likeness (QED) is 0.899. The van der Waals surface area contributed by atoms with Gasteiger partial charge in [-0.15, -0.1) is 0 Å². The molecule has 0 aliphatic carbocycles. The molecule has 0 bridgehead atoms. The highest BCUT2D eigenvalue weighted by molar-refractivity contribution is 5.78. The number of imidazole rings is 1. The molecule has 0 amide bonds. The Hall–Kier alpha value is -2.17. The Bertz CT molecular complexity index is 549. The van der Waals surface area contributed by atoms with E-state index >= 15 is 0 Å². The standard InChI is InChI=1S/C13H17N3O2/c1-4-16-8-15-11(13(16)14)9-6-5-7-10(17-2)12(9)18-3/h5-8H,4,14H2,1-3H3. The van der Waals surface area contributed by atoms with Crippen LogP contribution in [0, 0.1) is 0 Å². The number of anilines is 1. The number of nitrogen functional groups attached to an aromatic ring is 1. The maximum atomic E-state index is 6.07. The third kappa shape index (κ3) is 1.88. The number of rotatable bonds is 4. The summed E-state index contributed by atoms with van der Waals surface area (Å²) in [6.07, 6.45) is 1.73. The van der Waals surface area contributed by atoms with Gasteiger partial charge in [0.05, 0.1) is 20.5 Å². The predicted molar refractivity (Wildman–Crippen MR) is 70.9 cm³/mol. The zero-order chi connectivity index (χ0) is 13.1. The summed E-state index contributed by atoms with van der Waals surface area (Å²) >= 11 is 0. The van der Waals surface area contributed by atoms with Crippen molar-refractivity contribution in [2.45, 2.75) is 13.5 Å². The van der Waals surface area contributed by atoms with Crippen molar-refractivity contribution in [1.29, 1.82) is 0 Å². The second kappa shape index (κ2) is 5.00. The van der Waals surface area contributed by atoms with E-state index in [1.807, 2.05) is 29.7 Å². The van der Waals surface area contributed by atoms with Gasteiger partial charge in [0, 0.05) is 12.1 Å². The van der Waals surface area contributed by atoms with Crippen molar-refractivity contribution in [2.75, 3.05) is 20.0 Å². The molecule has 0 fully saturated rings. The van der Waals surface area contributed by atoms with Gasteiger partial charge >= 0.3 is 0 Å². The fourth-order valence-corrected chi connectivity index (χ4v) is 1.92. The normalized spacial score (nSPS) is 10.4. The van der Waals surface area contributed by atoms with Crippen LogP contribution in [0.3, 0.4) is 0 Å². The van der Waals surface area contributed by atoms with Crippen LogP contribution in [0.15, 0.2) is 24.5 Å². The fraction of sp³-hybridized carbons (Fsp3) is 0.308. The monoisotopic (exact) mass is 247 g/mol. The van der Waals surface area contributed by atoms with Gasteiger partial charge in [-0.25, -0.2) is 4.98 Å². The van der Waals surface area contributed by atoms with E-state index in [0.717, 1.165) is 12.1 Å². The third-order valence-corrected chi connectivity index (χ3v) is 2.88. The van der Waals surface area contributed by atoms with Gasteiger partial charge in [-0.2, -0.15) is 0 Å². The number of nitrogens with two attached hydrogens (primary N) is 1. The lowest BCUT2D eigenvalue weighted by atomic mass is 10.1. The molecular weight excluding hydrogens is 230 g/mol. The minimum atomic E-state index is 0.629. The largest absolute Gasteiger partial charge is 0.493 e. The lowest BCUT2D eigenvalue weighted by molar-refractivity contribution is 0.356. The number of benzene rings is 1. The molecule has 1 aromatic carbocycles. The van der Waals surface area contributed by atoms with Gasteiger partial charge in [0.15, 0.2) is 11.5 Å². The highest BCUT2D eigenvalue weighted by atomic mass is 16.5. The molecule has 1 heterocycles. The first-order valence-corrected chi connectivity index (χ1v) is 5.74. The summed E-state index contributed by atoms with van der Waals surface area (Å²) in [5, 5.41) is 0. The van der Waals surface area contributed by atoms with E-state index in [1.165, 1.54) is 0 Å². The Balaban J connectivity index is 2.59. The van der Waals surface area contributed by atoms with Crippen LogP contribution >= 0.6 is 0 Å². The number of nitrogens with zero attached hydrogens (tertiary/aromatic N) is 2. The van der Waals surface area contributed by atoms with Crippen molar-refractivity contribution in [2.24, 2.45) is 0 Å². The molecule has 2 N–H and O–H groups in total. The van der Waals surface area contributed by atoms with Crippen molar-refractivity contribution in [3.63, 3.8) is 0 Å². The van der Waals surface area contributed by atoms with Crippen molar-refractivity contribution in [3.8, 4) is 22.8 Å². The van der Waals surface area contributed by atoms with Crippen LogP contribution < -0.4 is 15.2 Å². The predicted octanol–water partition coefficient (Wildman–Crippen LogP) is 2.17. The number of para-hydroxylation sites is 1. The number of methoxy groups -OCH3 is 2. The molecule has 5 heteroatoms. The molecule has 5 nitrogen and oxygen atoms in total. The first-order valence-electron chi connectivity index (χ1n) is 5.74. The van der Waals surface area contributed by atoms with Gasteiger partial charge in [0.1, 0.15) is 11.5 Å². The van der Waals surface area contributed by atoms with Crippen LogP contribution in [0.4, 0.5) is 5.82 Å². The molecule has 1 aromatic heterocycles. The maximum Gasteiger partial charge on any atom is 0.170 e. The molecule has 0 aliphatic rings. The number of hydrogen-bond acceptors (Lipinski definition) is 4. The van der Waals surface area contributed by atoms with E-state index in [4.69, 9.17) is 15.2 Å². The molecule has 0 aliphatic heterocycles. The summed E-state index contributed by atoms with van der Waals surface area (Å²) in [6, 6.07) is 5.65. The highest BCUT2D eigenvalue weighted by Gasteiger charge is 2.16. The lowest BCUT2D eigenvalue weighted by Gasteiger charge is -2.11. The van der Waals surface area contributed by atoms with Crippen LogP contribution in [0.5, 0.6) is 11.5 Å². The third-order valence-electron chi connectivity index (χ3n) is 2.88. The van der Waals surface area contributed by atoms with Crippen LogP contribution in [0.1, 0.15) is 6.92 Å². The molecular formula is C13H17N3O2. The molecule has 18 heavy (non-hydrogen) atoms. The molecule has 2 aromatic rings. The Morgan fingerprint density at radius 2 is 2.06 bits per heavy atom. The summed E-state index contributed by atoms with van der Waals surface area (Å²) in [5.41, 5.74) is 7.62. The second-order valence-electron chi connectivity index (χ2n) is 3.81. The van der Waals surface area contributed by atoms with Crippen molar-refractivity contribution in [3.05, 3.63) is 24.5 Å². The Kier molecular flexibility index (Phi) is 3.41. The van der Waals surface area contributed by atoms with Crippen LogP contribution in [-0.4, -0.2) is 23.8 Å². The van der Waals surface area contributed by atoms with Crippen LogP contribution in [-0.2, 0) is 6.54 Å². The van der Waals surface area contributed by atoms with E-state index < -0.39 is 0 Å². The summed E-state index contributed by atoms with van der Waals surface area (Å²) in [5.74, 6) is 1.94. The van der Waals surface area contributed by atoms with E-state index in [9.17, 15) is 0 Å². The van der Waals surface area contributed by atoms with Gasteiger partial charge < -0.3 is 19.8 Å². The zero-order valence-electron chi connectivity index (χ0n) is 10.8. The second-order valence-corrected chi connectivity index (χ2v) is 3.81. The molecule has 0 atom stereocenters. The Morgan fingerprint density at radius 1 is 1.28 bits per heavy atom. The van der Waals surface area contributed by atoms with E-state index in [1.54, 1.807) is 20.5 Å². The molecule has 0 radical (unpaired) electrons. The molecule has 0 unspecified atom stereocenters. The van der Waals surface area contributed by atoms with Crippen molar-refractivity contribution < 1.29 is 9.47 Å². The summed E-state index contributed by atoms with van der Waals surface area (Å²) in [4.78, 5) is 4.34. The fourth-order valence-electron chi connectivity index (χ4n) is 1.92. The average Bonchev–Trinajstić information content (AvgIpc) is 2.78. The smallest absolute Gasteiger partial charge is 0.170 e. The summed E-state index contributed by atoms with van der Waals surface area (Å²) < 4.78 is 12.5. The molecule has 0 saturated heterocycles.